The van der Waals surface area contributed by atoms with Crippen molar-refractivity contribution < 1.29 is 27.4 Å². The van der Waals surface area contributed by atoms with Crippen LogP contribution in [0.25, 0.3) is 0 Å². The fraction of sp³-hybridized carbons (Fsp3) is 0.643. The van der Waals surface area contributed by atoms with Crippen molar-refractivity contribution in [1.29, 1.82) is 0 Å². The summed E-state index contributed by atoms with van der Waals surface area (Å²) in [5.41, 5.74) is 0. The van der Waals surface area contributed by atoms with E-state index in [0.29, 0.717) is 32.5 Å². The molecule has 1 aliphatic rings. The molecule has 9 nitrogen and oxygen atoms in total. The van der Waals surface area contributed by atoms with Gasteiger partial charge in [0.2, 0.25) is 5.91 Å². The standard InChI is InChI=1S/C14H23N3O6S/c1-16(8-3-11-24(21,22)23)10-7-15-12(18)4-2-9-17-13(19)5-6-14(17)20/h5-6H,2-4,7-11H2,1H3,(H,15,18)(H,21,22,23). The van der Waals surface area contributed by atoms with E-state index in [1.54, 1.807) is 7.05 Å². The lowest BCUT2D eigenvalue weighted by Crippen LogP contribution is -2.35. The molecular formula is C14H23N3O6S. The summed E-state index contributed by atoms with van der Waals surface area (Å²) in [6, 6.07) is 0. The Morgan fingerprint density at radius 1 is 1.21 bits per heavy atom. The molecule has 2 N–H and O–H groups in total. The topological polar surface area (TPSA) is 124 Å². The van der Waals surface area contributed by atoms with E-state index in [9.17, 15) is 22.8 Å². The van der Waals surface area contributed by atoms with Gasteiger partial charge in [-0.2, -0.15) is 8.42 Å². The Balaban J connectivity index is 2.07. The largest absolute Gasteiger partial charge is 0.355 e. The van der Waals surface area contributed by atoms with E-state index in [-0.39, 0.29) is 36.4 Å². The van der Waals surface area contributed by atoms with Crippen LogP contribution >= 0.6 is 0 Å². The summed E-state index contributed by atoms with van der Waals surface area (Å²) in [6.07, 6.45) is 3.34. The van der Waals surface area contributed by atoms with Crippen LogP contribution in [0.3, 0.4) is 0 Å². The molecule has 136 valence electrons. The lowest BCUT2D eigenvalue weighted by molar-refractivity contribution is -0.137. The van der Waals surface area contributed by atoms with E-state index < -0.39 is 10.1 Å². The molecule has 0 aromatic rings. The van der Waals surface area contributed by atoms with Gasteiger partial charge in [-0.3, -0.25) is 23.8 Å². The molecule has 1 heterocycles. The minimum atomic E-state index is -3.93. The van der Waals surface area contributed by atoms with E-state index in [1.165, 1.54) is 12.2 Å². The average molecular weight is 361 g/mol. The number of amides is 3. The number of nitrogens with one attached hydrogen (secondary N) is 1. The number of hydrogen-bond donors (Lipinski definition) is 2. The van der Waals surface area contributed by atoms with Gasteiger partial charge < -0.3 is 10.2 Å². The molecule has 0 saturated heterocycles. The fourth-order valence-corrected chi connectivity index (χ4v) is 2.65. The van der Waals surface area contributed by atoms with Gasteiger partial charge in [0.1, 0.15) is 0 Å². The highest BCUT2D eigenvalue weighted by Crippen LogP contribution is 2.05. The van der Waals surface area contributed by atoms with E-state index in [1.807, 2.05) is 4.90 Å². The lowest BCUT2D eigenvalue weighted by atomic mass is 10.2. The van der Waals surface area contributed by atoms with Gasteiger partial charge in [-0.05, 0) is 26.4 Å². The Kier molecular flexibility index (Phi) is 8.02. The molecule has 0 aromatic heterocycles. The minimum absolute atomic E-state index is 0.173. The van der Waals surface area contributed by atoms with Gasteiger partial charge in [0.25, 0.3) is 21.9 Å². The third-order valence-electron chi connectivity index (χ3n) is 3.44. The molecule has 0 fully saturated rings. The fourth-order valence-electron chi connectivity index (χ4n) is 2.15. The molecule has 10 heteroatoms. The number of rotatable bonds is 11. The first kappa shape index (κ1) is 20.3. The molecule has 0 atom stereocenters. The predicted molar refractivity (Wildman–Crippen MR) is 86.6 cm³/mol. The highest BCUT2D eigenvalue weighted by molar-refractivity contribution is 7.85. The van der Waals surface area contributed by atoms with Gasteiger partial charge in [0, 0.05) is 38.2 Å². The molecule has 0 saturated carbocycles. The number of carbonyl (C=O) groups is 3. The summed E-state index contributed by atoms with van der Waals surface area (Å²) >= 11 is 0. The Morgan fingerprint density at radius 3 is 2.42 bits per heavy atom. The van der Waals surface area contributed by atoms with Gasteiger partial charge in [-0.1, -0.05) is 0 Å². The Bertz CT molecular complexity index is 584. The Hall–Kier alpha value is -1.78. The molecule has 0 bridgehead atoms. The van der Waals surface area contributed by atoms with Crippen molar-refractivity contribution in [3.8, 4) is 0 Å². The third-order valence-corrected chi connectivity index (χ3v) is 4.25. The second kappa shape index (κ2) is 9.50. The van der Waals surface area contributed by atoms with Crippen LogP contribution < -0.4 is 5.32 Å². The summed E-state index contributed by atoms with van der Waals surface area (Å²) in [4.78, 5) is 37.2. The Morgan fingerprint density at radius 2 is 1.83 bits per heavy atom. The predicted octanol–water partition coefficient (Wildman–Crippen LogP) is -0.982. The quantitative estimate of drug-likeness (QED) is 0.358. The molecule has 1 aliphatic heterocycles. The molecule has 0 aliphatic carbocycles. The van der Waals surface area contributed by atoms with Gasteiger partial charge in [-0.25, -0.2) is 0 Å². The van der Waals surface area contributed by atoms with Gasteiger partial charge in [-0.15, -0.1) is 0 Å². The van der Waals surface area contributed by atoms with Crippen molar-refractivity contribution in [2.45, 2.75) is 19.3 Å². The molecular weight excluding hydrogens is 338 g/mol. The number of nitrogens with zero attached hydrogens (tertiary/aromatic N) is 2. The summed E-state index contributed by atoms with van der Waals surface area (Å²) in [5, 5.41) is 2.72. The van der Waals surface area contributed by atoms with Crippen molar-refractivity contribution in [2.75, 3.05) is 39.0 Å². The molecule has 0 unspecified atom stereocenters. The highest BCUT2D eigenvalue weighted by Gasteiger charge is 2.22. The van der Waals surface area contributed by atoms with Crippen LogP contribution in [-0.2, 0) is 24.5 Å². The van der Waals surface area contributed by atoms with Crippen LogP contribution in [0.1, 0.15) is 19.3 Å². The van der Waals surface area contributed by atoms with E-state index in [0.717, 1.165) is 4.90 Å². The number of hydrogen-bond acceptors (Lipinski definition) is 6. The number of likely N-dealkylation sites (N-methyl/N-ethyl adjacent to an activating group) is 1. The highest BCUT2D eigenvalue weighted by atomic mass is 32.2. The Labute approximate surface area is 141 Å². The SMILES string of the molecule is CN(CCCS(=O)(=O)O)CCNC(=O)CCCN1C(=O)C=CC1=O. The summed E-state index contributed by atoms with van der Waals surface area (Å²) < 4.78 is 29.8. The van der Waals surface area contributed by atoms with Crippen LogP contribution in [0, 0.1) is 0 Å². The van der Waals surface area contributed by atoms with Crippen LogP contribution in [0.5, 0.6) is 0 Å². The lowest BCUT2D eigenvalue weighted by Gasteiger charge is -2.16. The molecule has 0 aromatic carbocycles. The molecule has 24 heavy (non-hydrogen) atoms. The molecule has 0 radical (unpaired) electrons. The maximum absolute atomic E-state index is 11.7. The maximum Gasteiger partial charge on any atom is 0.264 e. The molecule has 1 rings (SSSR count). The van der Waals surface area contributed by atoms with Crippen molar-refractivity contribution in [3.63, 3.8) is 0 Å². The third kappa shape index (κ3) is 8.18. The first-order chi connectivity index (χ1) is 11.2. The van der Waals surface area contributed by atoms with Crippen LogP contribution in [0.15, 0.2) is 12.2 Å². The van der Waals surface area contributed by atoms with Crippen molar-refractivity contribution >= 4 is 27.8 Å². The van der Waals surface area contributed by atoms with Crippen molar-refractivity contribution in [2.24, 2.45) is 0 Å². The maximum atomic E-state index is 11.7. The smallest absolute Gasteiger partial charge is 0.264 e. The van der Waals surface area contributed by atoms with Crippen LogP contribution in [-0.4, -0.2) is 79.5 Å². The first-order valence-corrected chi connectivity index (χ1v) is 9.24. The van der Waals surface area contributed by atoms with Crippen molar-refractivity contribution in [3.05, 3.63) is 12.2 Å². The van der Waals surface area contributed by atoms with Crippen molar-refractivity contribution in [1.82, 2.24) is 15.1 Å². The van der Waals surface area contributed by atoms with E-state index >= 15 is 0 Å². The van der Waals surface area contributed by atoms with E-state index in [2.05, 4.69) is 5.32 Å². The summed E-state index contributed by atoms with van der Waals surface area (Å²) in [7, 11) is -2.15. The second-order valence-corrected chi connectivity index (χ2v) is 7.13. The van der Waals surface area contributed by atoms with Crippen LogP contribution in [0.4, 0.5) is 0 Å². The number of imide groups is 1. The first-order valence-electron chi connectivity index (χ1n) is 7.63. The normalized spacial score (nSPS) is 14.7. The molecule has 0 spiro atoms. The second-order valence-electron chi connectivity index (χ2n) is 5.56. The average Bonchev–Trinajstić information content (AvgIpc) is 2.77. The monoisotopic (exact) mass is 361 g/mol. The van der Waals surface area contributed by atoms with Gasteiger partial charge in [0.15, 0.2) is 0 Å². The van der Waals surface area contributed by atoms with E-state index in [4.69, 9.17) is 4.55 Å². The molecule has 3 amide bonds. The van der Waals surface area contributed by atoms with Gasteiger partial charge >= 0.3 is 0 Å². The van der Waals surface area contributed by atoms with Crippen LogP contribution in [0.2, 0.25) is 0 Å². The summed E-state index contributed by atoms with van der Waals surface area (Å²) in [6.45, 7) is 1.66. The van der Waals surface area contributed by atoms with Gasteiger partial charge in [0.05, 0.1) is 5.75 Å². The summed E-state index contributed by atoms with van der Waals surface area (Å²) in [5.74, 6) is -1.17. The minimum Gasteiger partial charge on any atom is -0.355 e. The number of carbonyl (C=O) groups excluding carboxylic acids is 3. The zero-order valence-corrected chi connectivity index (χ0v) is 14.4. The zero-order valence-electron chi connectivity index (χ0n) is 13.6. The zero-order chi connectivity index (χ0) is 18.2.